The summed E-state index contributed by atoms with van der Waals surface area (Å²) in [7, 11) is 0. The zero-order valence-electron chi connectivity index (χ0n) is 9.21. The average molecular weight is 276 g/mol. The lowest BCUT2D eigenvalue weighted by atomic mass is 10.2. The highest BCUT2D eigenvalue weighted by molar-refractivity contribution is 8.46. The van der Waals surface area contributed by atoms with Crippen LogP contribution >= 0.6 is 35.7 Å². The van der Waals surface area contributed by atoms with Crippen LogP contribution in [0.25, 0.3) is 0 Å². The molecule has 0 aliphatic carbocycles. The topological polar surface area (TPSA) is 0 Å². The number of thioether (sulfide) groups is 2. The highest BCUT2D eigenvalue weighted by Crippen LogP contribution is 2.27. The maximum Gasteiger partial charge on any atom is 0.109 e. The van der Waals surface area contributed by atoms with Crippen LogP contribution in [0.15, 0.2) is 65.6 Å². The van der Waals surface area contributed by atoms with E-state index < -0.39 is 0 Å². The fraction of sp³-hybridized carbons (Fsp3) is 0.0714. The van der Waals surface area contributed by atoms with Crippen molar-refractivity contribution in [2.45, 2.75) is 10.6 Å². The smallest absolute Gasteiger partial charge is 0.103 e. The molecule has 0 heterocycles. The Morgan fingerprint density at radius 2 is 1.47 bits per heavy atom. The normalized spacial score (nSPS) is 10.1. The molecular weight excluding hydrogens is 264 g/mol. The van der Waals surface area contributed by atoms with E-state index in [-0.39, 0.29) is 0 Å². The summed E-state index contributed by atoms with van der Waals surface area (Å²) < 4.78 is 0.972. The fourth-order valence-electron chi connectivity index (χ4n) is 1.33. The molecule has 0 nitrogen and oxygen atoms in total. The van der Waals surface area contributed by atoms with Crippen molar-refractivity contribution in [2.75, 3.05) is 0 Å². The van der Waals surface area contributed by atoms with Crippen LogP contribution in [0.5, 0.6) is 0 Å². The molecule has 0 bridgehead atoms. The Hall–Kier alpha value is -0.770. The van der Waals surface area contributed by atoms with Crippen LogP contribution in [-0.4, -0.2) is 3.53 Å². The summed E-state index contributed by atoms with van der Waals surface area (Å²) in [4.78, 5) is 1.21. The van der Waals surface area contributed by atoms with Gasteiger partial charge in [-0.15, -0.1) is 11.8 Å². The minimum Gasteiger partial charge on any atom is -0.103 e. The van der Waals surface area contributed by atoms with Gasteiger partial charge in [-0.1, -0.05) is 72.5 Å². The third kappa shape index (κ3) is 4.54. The Bertz CT molecular complexity index is 465. The van der Waals surface area contributed by atoms with Gasteiger partial charge in [-0.3, -0.25) is 0 Å². The van der Waals surface area contributed by atoms with Gasteiger partial charge in [0.1, 0.15) is 3.53 Å². The van der Waals surface area contributed by atoms with E-state index >= 15 is 0 Å². The van der Waals surface area contributed by atoms with Crippen molar-refractivity contribution in [3.05, 3.63) is 66.2 Å². The highest BCUT2D eigenvalue weighted by Gasteiger charge is 2.01. The molecule has 0 atom stereocenters. The largest absolute Gasteiger partial charge is 0.109 e. The van der Waals surface area contributed by atoms with Gasteiger partial charge >= 0.3 is 0 Å². The molecule has 2 rings (SSSR count). The Balaban J connectivity index is 1.83. The molecule has 0 spiro atoms. The van der Waals surface area contributed by atoms with Crippen molar-refractivity contribution >= 4 is 39.3 Å². The second-order valence-electron chi connectivity index (χ2n) is 3.44. The summed E-state index contributed by atoms with van der Waals surface area (Å²) in [5.41, 5.74) is 1.31. The summed E-state index contributed by atoms with van der Waals surface area (Å²) in [5, 5.41) is 0. The Morgan fingerprint density at radius 1 is 0.882 bits per heavy atom. The third-order valence-electron chi connectivity index (χ3n) is 2.14. The molecule has 0 aliphatic heterocycles. The van der Waals surface area contributed by atoms with Gasteiger partial charge in [-0.05, 0) is 17.7 Å². The molecule has 0 N–H and O–H groups in total. The summed E-state index contributed by atoms with van der Waals surface area (Å²) in [6.45, 7) is 0. The zero-order valence-corrected chi connectivity index (χ0v) is 11.7. The first kappa shape index (κ1) is 12.7. The summed E-state index contributed by atoms with van der Waals surface area (Å²) in [6.07, 6.45) is 0. The number of rotatable bonds is 3. The summed E-state index contributed by atoms with van der Waals surface area (Å²) in [5.74, 6) is 0.944. The van der Waals surface area contributed by atoms with E-state index in [0.29, 0.717) is 0 Å². The van der Waals surface area contributed by atoms with Crippen LogP contribution in [0, 0.1) is 0 Å². The van der Waals surface area contributed by atoms with E-state index in [2.05, 4.69) is 36.4 Å². The van der Waals surface area contributed by atoms with Crippen LogP contribution in [0.3, 0.4) is 0 Å². The highest BCUT2D eigenvalue weighted by atomic mass is 32.2. The van der Waals surface area contributed by atoms with E-state index in [1.165, 1.54) is 10.5 Å². The lowest BCUT2D eigenvalue weighted by molar-refractivity contribution is 1.43. The maximum absolute atomic E-state index is 5.36. The predicted molar refractivity (Wildman–Crippen MR) is 82.6 cm³/mol. The van der Waals surface area contributed by atoms with Crippen LogP contribution in [0.2, 0.25) is 0 Å². The van der Waals surface area contributed by atoms with Gasteiger partial charge in [0.2, 0.25) is 0 Å². The molecule has 3 heteroatoms. The molecule has 0 radical (unpaired) electrons. The van der Waals surface area contributed by atoms with Crippen molar-refractivity contribution in [1.82, 2.24) is 0 Å². The van der Waals surface area contributed by atoms with Gasteiger partial charge in [0.25, 0.3) is 0 Å². The summed E-state index contributed by atoms with van der Waals surface area (Å²) in [6, 6.07) is 20.7. The SMILES string of the molecule is S=C(SCc1ccccc1)Sc1ccccc1. The van der Waals surface area contributed by atoms with Gasteiger partial charge < -0.3 is 0 Å². The molecule has 0 fully saturated rings. The minimum absolute atomic E-state index is 0.944. The summed E-state index contributed by atoms with van der Waals surface area (Å²) >= 11 is 8.74. The van der Waals surface area contributed by atoms with Crippen LogP contribution in [0.1, 0.15) is 5.56 Å². The molecule has 0 aromatic heterocycles. The van der Waals surface area contributed by atoms with Crippen molar-refractivity contribution in [3.63, 3.8) is 0 Å². The lowest BCUT2D eigenvalue weighted by Gasteiger charge is -2.03. The van der Waals surface area contributed by atoms with Crippen LogP contribution in [-0.2, 0) is 5.75 Å². The monoisotopic (exact) mass is 276 g/mol. The molecular formula is C14H12S3. The van der Waals surface area contributed by atoms with Crippen molar-refractivity contribution in [1.29, 1.82) is 0 Å². The van der Waals surface area contributed by atoms with E-state index in [1.807, 2.05) is 24.3 Å². The predicted octanol–water partition coefficient (Wildman–Crippen LogP) is 5.00. The number of hydrogen-bond donors (Lipinski definition) is 0. The number of thiocarbonyl (C=S) groups is 1. The fourth-order valence-corrected chi connectivity index (χ4v) is 3.46. The molecule has 2 aromatic rings. The molecule has 86 valence electrons. The third-order valence-corrected chi connectivity index (χ3v) is 4.74. The van der Waals surface area contributed by atoms with E-state index in [9.17, 15) is 0 Å². The number of benzene rings is 2. The maximum atomic E-state index is 5.36. The lowest BCUT2D eigenvalue weighted by Crippen LogP contribution is -1.84. The van der Waals surface area contributed by atoms with Crippen molar-refractivity contribution < 1.29 is 0 Å². The first-order valence-corrected chi connectivity index (χ1v) is 7.49. The van der Waals surface area contributed by atoms with E-state index in [0.717, 1.165) is 9.28 Å². The van der Waals surface area contributed by atoms with Gasteiger partial charge in [-0.25, -0.2) is 0 Å². The van der Waals surface area contributed by atoms with E-state index in [4.69, 9.17) is 12.2 Å². The zero-order chi connectivity index (χ0) is 11.9. The molecule has 2 aromatic carbocycles. The van der Waals surface area contributed by atoms with Crippen LogP contribution in [0.4, 0.5) is 0 Å². The van der Waals surface area contributed by atoms with Gasteiger partial charge in [0.15, 0.2) is 0 Å². The molecule has 17 heavy (non-hydrogen) atoms. The quantitative estimate of drug-likeness (QED) is 0.572. The van der Waals surface area contributed by atoms with Gasteiger partial charge in [-0.2, -0.15) is 0 Å². The standard InChI is InChI=1S/C14H12S3/c15-14(17-13-9-5-2-6-10-13)16-11-12-7-3-1-4-8-12/h1-10H,11H2. The molecule has 0 saturated carbocycles. The first-order chi connectivity index (χ1) is 8.34. The van der Waals surface area contributed by atoms with Gasteiger partial charge in [0, 0.05) is 10.6 Å². The van der Waals surface area contributed by atoms with Crippen LogP contribution < -0.4 is 0 Å². The Labute approximate surface area is 116 Å². The second kappa shape index (κ2) is 6.84. The average Bonchev–Trinajstić information content (AvgIpc) is 2.39. The Kier molecular flexibility index (Phi) is 5.10. The molecule has 0 amide bonds. The van der Waals surface area contributed by atoms with Crippen molar-refractivity contribution in [3.8, 4) is 0 Å². The first-order valence-electron chi connectivity index (χ1n) is 5.28. The van der Waals surface area contributed by atoms with E-state index in [1.54, 1.807) is 23.5 Å². The number of hydrogen-bond acceptors (Lipinski definition) is 3. The Morgan fingerprint density at radius 3 is 2.12 bits per heavy atom. The second-order valence-corrected chi connectivity index (χ2v) is 6.69. The molecule has 0 unspecified atom stereocenters. The minimum atomic E-state index is 0.944. The molecule has 0 aliphatic rings. The molecule has 0 saturated heterocycles. The van der Waals surface area contributed by atoms with Gasteiger partial charge in [0.05, 0.1) is 0 Å². The van der Waals surface area contributed by atoms with Crippen molar-refractivity contribution in [2.24, 2.45) is 0 Å².